The Morgan fingerprint density at radius 3 is 2.62 bits per heavy atom. The van der Waals surface area contributed by atoms with Crippen LogP contribution >= 0.6 is 0 Å². The summed E-state index contributed by atoms with van der Waals surface area (Å²) in [7, 11) is 0. The first kappa shape index (κ1) is 17.2. The van der Waals surface area contributed by atoms with Crippen LogP contribution in [0.25, 0.3) is 0 Å². The van der Waals surface area contributed by atoms with Crippen LogP contribution in [0.4, 0.5) is 5.69 Å². The van der Waals surface area contributed by atoms with Crippen molar-refractivity contribution in [3.63, 3.8) is 0 Å². The number of ether oxygens (including phenoxy) is 3. The molecule has 6 heteroatoms. The molecule has 1 N–H and O–H groups in total. The molecule has 2 aliphatic heterocycles. The second kappa shape index (κ2) is 7.51. The van der Waals surface area contributed by atoms with Crippen molar-refractivity contribution in [2.24, 2.45) is 0 Å². The number of para-hydroxylation sites is 2. The zero-order valence-electron chi connectivity index (χ0n) is 14.4. The van der Waals surface area contributed by atoms with Crippen molar-refractivity contribution in [1.29, 1.82) is 0 Å². The van der Waals surface area contributed by atoms with Gasteiger partial charge >= 0.3 is 0 Å². The van der Waals surface area contributed by atoms with Gasteiger partial charge in [-0.25, -0.2) is 0 Å². The van der Waals surface area contributed by atoms with E-state index in [0.29, 0.717) is 31.3 Å². The first-order valence-electron chi connectivity index (χ1n) is 8.68. The number of carbonyl (C=O) groups is 1. The molecular formula is C18H26N2O4. The number of likely N-dealkylation sites (tertiary alicyclic amines) is 1. The Morgan fingerprint density at radius 2 is 1.96 bits per heavy atom. The summed E-state index contributed by atoms with van der Waals surface area (Å²) in [5.41, 5.74) is 0.715. The average Bonchev–Trinajstić information content (AvgIpc) is 3.05. The summed E-state index contributed by atoms with van der Waals surface area (Å²) in [4.78, 5) is 14.8. The smallest absolute Gasteiger partial charge is 0.241 e. The van der Waals surface area contributed by atoms with Crippen molar-refractivity contribution in [2.45, 2.75) is 38.5 Å². The molecule has 2 saturated heterocycles. The Bertz CT molecular complexity index is 562. The van der Waals surface area contributed by atoms with Gasteiger partial charge < -0.3 is 19.5 Å². The molecular weight excluding hydrogens is 308 g/mol. The lowest BCUT2D eigenvalue weighted by atomic mass is 10.0. The van der Waals surface area contributed by atoms with Crippen LogP contribution in [0.2, 0.25) is 0 Å². The average molecular weight is 334 g/mol. The van der Waals surface area contributed by atoms with Gasteiger partial charge in [0.05, 0.1) is 31.5 Å². The third kappa shape index (κ3) is 3.71. The molecule has 1 unspecified atom stereocenters. The number of hydrogen-bond acceptors (Lipinski definition) is 5. The summed E-state index contributed by atoms with van der Waals surface area (Å²) in [5.74, 6) is 0.270. The second-order valence-electron chi connectivity index (χ2n) is 6.24. The minimum atomic E-state index is -0.408. The summed E-state index contributed by atoms with van der Waals surface area (Å²) in [6.45, 7) is 7.36. The highest BCUT2D eigenvalue weighted by Gasteiger charge is 2.41. The summed E-state index contributed by atoms with van der Waals surface area (Å²) in [6, 6.07) is 7.31. The fraction of sp³-hybridized carbons (Fsp3) is 0.611. The van der Waals surface area contributed by atoms with Gasteiger partial charge in [0.25, 0.3) is 0 Å². The maximum Gasteiger partial charge on any atom is 0.241 e. The van der Waals surface area contributed by atoms with Crippen molar-refractivity contribution < 1.29 is 19.0 Å². The quantitative estimate of drug-likeness (QED) is 0.895. The Kier molecular flexibility index (Phi) is 5.38. The molecule has 1 aromatic rings. The molecule has 2 fully saturated rings. The predicted molar refractivity (Wildman–Crippen MR) is 91.1 cm³/mol. The van der Waals surface area contributed by atoms with Crippen LogP contribution in [0.5, 0.6) is 5.75 Å². The van der Waals surface area contributed by atoms with E-state index in [9.17, 15) is 4.79 Å². The Morgan fingerprint density at radius 1 is 1.29 bits per heavy atom. The van der Waals surface area contributed by atoms with Crippen LogP contribution < -0.4 is 10.1 Å². The van der Waals surface area contributed by atoms with Crippen LogP contribution in [0.3, 0.4) is 0 Å². The monoisotopic (exact) mass is 334 g/mol. The molecule has 2 aliphatic rings. The van der Waals surface area contributed by atoms with E-state index in [1.54, 1.807) is 0 Å². The Labute approximate surface area is 143 Å². The van der Waals surface area contributed by atoms with E-state index in [1.807, 2.05) is 38.1 Å². The van der Waals surface area contributed by atoms with E-state index in [4.69, 9.17) is 14.2 Å². The number of rotatable bonds is 5. The van der Waals surface area contributed by atoms with Gasteiger partial charge in [0.2, 0.25) is 5.91 Å². The minimum Gasteiger partial charge on any atom is -0.492 e. The van der Waals surface area contributed by atoms with E-state index in [0.717, 1.165) is 25.9 Å². The molecule has 132 valence electrons. The fourth-order valence-electron chi connectivity index (χ4n) is 3.29. The molecule has 1 atom stereocenters. The molecule has 0 aromatic heterocycles. The third-order valence-corrected chi connectivity index (χ3v) is 4.75. The van der Waals surface area contributed by atoms with Gasteiger partial charge in [-0.05, 0) is 26.0 Å². The van der Waals surface area contributed by atoms with Crippen LogP contribution in [0, 0.1) is 0 Å². The largest absolute Gasteiger partial charge is 0.492 e. The minimum absolute atomic E-state index is 0.0219. The predicted octanol–water partition coefficient (Wildman–Crippen LogP) is 2.25. The number of anilines is 1. The second-order valence-corrected chi connectivity index (χ2v) is 6.24. The van der Waals surface area contributed by atoms with E-state index in [2.05, 4.69) is 10.2 Å². The molecule has 6 nitrogen and oxygen atoms in total. The van der Waals surface area contributed by atoms with Crippen molar-refractivity contribution in [1.82, 2.24) is 4.90 Å². The highest BCUT2D eigenvalue weighted by atomic mass is 16.7. The maximum atomic E-state index is 12.6. The van der Waals surface area contributed by atoms with Gasteiger partial charge in [0.1, 0.15) is 5.75 Å². The lowest BCUT2D eigenvalue weighted by molar-refractivity contribution is -0.187. The van der Waals surface area contributed by atoms with Gasteiger partial charge in [0.15, 0.2) is 5.79 Å². The number of piperidine rings is 1. The summed E-state index contributed by atoms with van der Waals surface area (Å²) in [6.07, 6.45) is 1.61. The number of nitrogens with zero attached hydrogens (tertiary/aromatic N) is 1. The first-order valence-corrected chi connectivity index (χ1v) is 8.68. The van der Waals surface area contributed by atoms with E-state index in [-0.39, 0.29) is 11.9 Å². The van der Waals surface area contributed by atoms with E-state index >= 15 is 0 Å². The first-order chi connectivity index (χ1) is 11.6. The third-order valence-electron chi connectivity index (χ3n) is 4.75. The summed E-state index contributed by atoms with van der Waals surface area (Å²) < 4.78 is 17.0. The van der Waals surface area contributed by atoms with Crippen molar-refractivity contribution in [3.8, 4) is 5.75 Å². The maximum absolute atomic E-state index is 12.6. The molecule has 0 bridgehead atoms. The number of hydrogen-bond donors (Lipinski definition) is 1. The SMILES string of the molecule is CCOc1ccccc1NC(=O)C(C)N1CCC2(CC1)OCCO2. The lowest BCUT2D eigenvalue weighted by Crippen LogP contribution is -2.51. The van der Waals surface area contributed by atoms with Crippen molar-refractivity contribution in [3.05, 3.63) is 24.3 Å². The molecule has 0 aliphatic carbocycles. The zero-order chi connectivity index (χ0) is 17.0. The zero-order valence-corrected chi connectivity index (χ0v) is 14.4. The standard InChI is InChI=1S/C18H26N2O4/c1-3-22-16-7-5-4-6-15(16)19-17(21)14(2)20-10-8-18(9-11-20)23-12-13-24-18/h4-7,14H,3,8-13H2,1-2H3,(H,19,21). The molecule has 0 saturated carbocycles. The van der Waals surface area contributed by atoms with Crippen LogP contribution in [0.1, 0.15) is 26.7 Å². The van der Waals surface area contributed by atoms with Crippen LogP contribution in [0.15, 0.2) is 24.3 Å². The van der Waals surface area contributed by atoms with E-state index < -0.39 is 5.79 Å². The van der Waals surface area contributed by atoms with Gasteiger partial charge in [-0.15, -0.1) is 0 Å². The Balaban J connectivity index is 1.57. The fourth-order valence-corrected chi connectivity index (χ4v) is 3.29. The lowest BCUT2D eigenvalue weighted by Gasteiger charge is -2.39. The number of nitrogens with one attached hydrogen (secondary N) is 1. The highest BCUT2D eigenvalue weighted by molar-refractivity contribution is 5.95. The summed E-state index contributed by atoms with van der Waals surface area (Å²) in [5, 5.41) is 2.99. The van der Waals surface area contributed by atoms with Gasteiger partial charge in [-0.3, -0.25) is 9.69 Å². The summed E-state index contributed by atoms with van der Waals surface area (Å²) >= 11 is 0. The molecule has 3 rings (SSSR count). The van der Waals surface area contributed by atoms with Gasteiger partial charge in [0, 0.05) is 25.9 Å². The van der Waals surface area contributed by atoms with Crippen LogP contribution in [-0.4, -0.2) is 55.5 Å². The van der Waals surface area contributed by atoms with Gasteiger partial charge in [-0.1, -0.05) is 12.1 Å². The number of amides is 1. The number of benzene rings is 1. The van der Waals surface area contributed by atoms with Crippen molar-refractivity contribution in [2.75, 3.05) is 38.2 Å². The highest BCUT2D eigenvalue weighted by Crippen LogP contribution is 2.32. The number of carbonyl (C=O) groups excluding carboxylic acids is 1. The Hall–Kier alpha value is -1.63. The van der Waals surface area contributed by atoms with Gasteiger partial charge in [-0.2, -0.15) is 0 Å². The van der Waals surface area contributed by atoms with Crippen LogP contribution in [-0.2, 0) is 14.3 Å². The molecule has 1 aromatic carbocycles. The molecule has 0 radical (unpaired) electrons. The van der Waals surface area contributed by atoms with E-state index in [1.165, 1.54) is 0 Å². The van der Waals surface area contributed by atoms with Crippen molar-refractivity contribution >= 4 is 11.6 Å². The molecule has 2 heterocycles. The topological polar surface area (TPSA) is 60.0 Å². The molecule has 1 spiro atoms. The molecule has 1 amide bonds. The normalized spacial score (nSPS) is 21.6. The molecule has 24 heavy (non-hydrogen) atoms.